The van der Waals surface area contributed by atoms with E-state index in [1.807, 2.05) is 98.8 Å². The molecule has 0 aliphatic carbocycles. The first-order valence-corrected chi connectivity index (χ1v) is 15.4. The summed E-state index contributed by atoms with van der Waals surface area (Å²) in [5.74, 6) is 0. The fourth-order valence-electron chi connectivity index (χ4n) is 7.04. The highest BCUT2D eigenvalue weighted by Gasteiger charge is 2.39. The summed E-state index contributed by atoms with van der Waals surface area (Å²) in [6, 6.07) is 38.5. The van der Waals surface area contributed by atoms with Crippen LogP contribution in [-0.4, -0.2) is 9.13 Å². The van der Waals surface area contributed by atoms with E-state index in [4.69, 9.17) is 0 Å². The van der Waals surface area contributed by atoms with Crippen LogP contribution in [0, 0.1) is 36.5 Å². The lowest BCUT2D eigenvalue weighted by molar-refractivity contribution is -0.137. The summed E-state index contributed by atoms with van der Waals surface area (Å²) >= 11 is 0. The molecule has 4 nitrogen and oxygen atoms in total. The number of halogens is 3. The van der Waals surface area contributed by atoms with Gasteiger partial charge in [0.2, 0.25) is 0 Å². The molecule has 0 N–H and O–H groups in total. The second-order valence-electron chi connectivity index (χ2n) is 12.2. The van der Waals surface area contributed by atoms with Crippen molar-refractivity contribution in [3.63, 3.8) is 0 Å². The Kier molecular flexibility index (Phi) is 6.44. The molecule has 0 aliphatic heterocycles. The van der Waals surface area contributed by atoms with Crippen LogP contribution in [0.2, 0.25) is 0 Å². The number of alkyl halides is 3. The normalized spacial score (nSPS) is 11.8. The molecule has 8 rings (SSSR count). The molecule has 0 amide bonds. The Morgan fingerprint density at radius 2 is 0.917 bits per heavy atom. The highest BCUT2D eigenvalue weighted by atomic mass is 19.4. The third-order valence-electron chi connectivity index (χ3n) is 9.04. The topological polar surface area (TPSA) is 57.4 Å². The second kappa shape index (κ2) is 10.6. The lowest BCUT2D eigenvalue weighted by atomic mass is 9.96. The number of rotatable bonds is 3. The highest BCUT2D eigenvalue weighted by Crippen LogP contribution is 2.46. The summed E-state index contributed by atoms with van der Waals surface area (Å²) in [4.78, 5) is 0. The van der Waals surface area contributed by atoms with Gasteiger partial charge in [-0.05, 0) is 91.7 Å². The summed E-state index contributed by atoms with van der Waals surface area (Å²) < 4.78 is 51.0. The highest BCUT2D eigenvalue weighted by molar-refractivity contribution is 6.11. The average molecular weight is 631 g/mol. The first-order valence-electron chi connectivity index (χ1n) is 15.4. The maximum absolute atomic E-state index is 15.9. The van der Waals surface area contributed by atoms with E-state index in [2.05, 4.69) is 12.1 Å². The predicted molar refractivity (Wildman–Crippen MR) is 184 cm³/mol. The van der Waals surface area contributed by atoms with E-state index in [0.717, 1.165) is 32.7 Å². The van der Waals surface area contributed by atoms with Gasteiger partial charge in [0.05, 0.1) is 56.7 Å². The molecular weight excluding hydrogens is 605 g/mol. The van der Waals surface area contributed by atoms with Crippen molar-refractivity contribution >= 4 is 43.6 Å². The van der Waals surface area contributed by atoms with E-state index in [1.54, 1.807) is 21.3 Å². The van der Waals surface area contributed by atoms with E-state index in [9.17, 15) is 10.5 Å². The Balaban J connectivity index is 1.61. The number of nitriles is 2. The van der Waals surface area contributed by atoms with Crippen LogP contribution in [0.3, 0.4) is 0 Å². The maximum Gasteiger partial charge on any atom is 0.420 e. The Bertz CT molecular complexity index is 2540. The van der Waals surface area contributed by atoms with Crippen molar-refractivity contribution in [2.75, 3.05) is 0 Å². The second-order valence-corrected chi connectivity index (χ2v) is 12.2. The van der Waals surface area contributed by atoms with E-state index >= 15 is 13.2 Å². The predicted octanol–water partition coefficient (Wildman–Crippen LogP) is 10.9. The SMILES string of the molecule is Cc1ccc2c(c1)c1ccccc1n2-c1cc(-c2cc(C#N)cc(C#N)c2)cc(-n2c3ccccc3c3cc(C)ccc32)c1C(F)(F)F. The van der Waals surface area contributed by atoms with Crippen molar-refractivity contribution < 1.29 is 13.2 Å². The van der Waals surface area contributed by atoms with Gasteiger partial charge in [-0.2, -0.15) is 23.7 Å². The molecule has 0 radical (unpaired) electrons. The largest absolute Gasteiger partial charge is 0.420 e. The van der Waals surface area contributed by atoms with E-state index in [0.29, 0.717) is 33.2 Å². The number of aromatic nitrogens is 2. The third kappa shape index (κ3) is 4.44. The maximum atomic E-state index is 15.9. The van der Waals surface area contributed by atoms with Crippen LogP contribution in [0.25, 0.3) is 66.1 Å². The molecule has 2 heterocycles. The lowest BCUT2D eigenvalue weighted by Crippen LogP contribution is -2.16. The Labute approximate surface area is 273 Å². The monoisotopic (exact) mass is 630 g/mol. The zero-order valence-corrected chi connectivity index (χ0v) is 25.9. The Morgan fingerprint density at radius 3 is 1.35 bits per heavy atom. The van der Waals surface area contributed by atoms with Crippen LogP contribution in [0.4, 0.5) is 13.2 Å². The van der Waals surface area contributed by atoms with Crippen LogP contribution in [-0.2, 0) is 6.18 Å². The van der Waals surface area contributed by atoms with Crippen LogP contribution < -0.4 is 0 Å². The van der Waals surface area contributed by atoms with E-state index in [-0.39, 0.29) is 22.5 Å². The van der Waals surface area contributed by atoms with Gasteiger partial charge in [0, 0.05) is 21.5 Å². The van der Waals surface area contributed by atoms with E-state index < -0.39 is 11.7 Å². The van der Waals surface area contributed by atoms with Crippen LogP contribution in [0.1, 0.15) is 27.8 Å². The standard InChI is InChI=1S/C41H25F3N4/c1-24-11-13-36-32(15-24)30-7-3-5-9-34(30)47(36)38-20-29(28-18-26(22-45)17-27(19-28)23-46)21-39(40(38)41(42,43)44)48-35-10-6-4-8-31(35)33-16-25(2)12-14-37(33)48/h3-21H,1-2H3. The minimum atomic E-state index is -4.78. The molecule has 8 aromatic rings. The van der Waals surface area contributed by atoms with Crippen LogP contribution >= 0.6 is 0 Å². The Morgan fingerprint density at radius 1 is 0.500 bits per heavy atom. The number of benzene rings is 6. The van der Waals surface area contributed by atoms with Crippen molar-refractivity contribution in [1.82, 2.24) is 9.13 Å². The smallest absolute Gasteiger partial charge is 0.309 e. The zero-order valence-electron chi connectivity index (χ0n) is 25.9. The number of nitrogens with zero attached hydrogens (tertiary/aromatic N) is 4. The first kappa shape index (κ1) is 29.1. The molecule has 6 aromatic carbocycles. The summed E-state index contributed by atoms with van der Waals surface area (Å²) in [6.07, 6.45) is -4.78. The molecule has 230 valence electrons. The first-order chi connectivity index (χ1) is 23.2. The molecule has 0 fully saturated rings. The molecule has 0 unspecified atom stereocenters. The van der Waals surface area contributed by atoms with Crippen LogP contribution in [0.15, 0.2) is 115 Å². The van der Waals surface area contributed by atoms with Gasteiger partial charge in [0.1, 0.15) is 5.56 Å². The van der Waals surface area contributed by atoms with Crippen LogP contribution in [0.5, 0.6) is 0 Å². The molecule has 7 heteroatoms. The molecular formula is C41H25F3N4. The van der Waals surface area contributed by atoms with Gasteiger partial charge < -0.3 is 9.13 Å². The van der Waals surface area contributed by atoms with Crippen molar-refractivity contribution in [1.29, 1.82) is 10.5 Å². The molecule has 48 heavy (non-hydrogen) atoms. The molecule has 0 saturated carbocycles. The third-order valence-corrected chi connectivity index (χ3v) is 9.04. The van der Waals surface area contributed by atoms with Crippen molar-refractivity contribution in [2.45, 2.75) is 20.0 Å². The van der Waals surface area contributed by atoms with Gasteiger partial charge in [-0.1, -0.05) is 59.7 Å². The lowest BCUT2D eigenvalue weighted by Gasteiger charge is -2.23. The number of hydrogen-bond donors (Lipinski definition) is 0. The molecule has 0 atom stereocenters. The number of para-hydroxylation sites is 2. The van der Waals surface area contributed by atoms with Gasteiger partial charge in [0.25, 0.3) is 0 Å². The minimum Gasteiger partial charge on any atom is -0.309 e. The van der Waals surface area contributed by atoms with Gasteiger partial charge in [0.15, 0.2) is 0 Å². The van der Waals surface area contributed by atoms with Crippen molar-refractivity contribution in [3.05, 3.63) is 143 Å². The number of aryl methyl sites for hydroxylation is 2. The van der Waals surface area contributed by atoms with Crippen molar-refractivity contribution in [3.8, 4) is 34.6 Å². The molecule has 0 aliphatic rings. The Hall–Kier alpha value is -6.31. The summed E-state index contributed by atoms with van der Waals surface area (Å²) in [7, 11) is 0. The summed E-state index contributed by atoms with van der Waals surface area (Å²) in [5, 5.41) is 22.9. The fraction of sp³-hybridized carbons (Fsp3) is 0.0732. The zero-order chi connectivity index (χ0) is 33.3. The number of fused-ring (bicyclic) bond motifs is 6. The summed E-state index contributed by atoms with van der Waals surface area (Å²) in [5.41, 5.74) is 5.02. The van der Waals surface area contributed by atoms with E-state index in [1.165, 1.54) is 18.2 Å². The molecule has 0 saturated heterocycles. The minimum absolute atomic E-state index is 0.0519. The van der Waals surface area contributed by atoms with Crippen molar-refractivity contribution in [2.24, 2.45) is 0 Å². The van der Waals surface area contributed by atoms with Gasteiger partial charge in [-0.3, -0.25) is 0 Å². The van der Waals surface area contributed by atoms with Gasteiger partial charge >= 0.3 is 6.18 Å². The fourth-order valence-corrected chi connectivity index (χ4v) is 7.04. The number of hydrogen-bond acceptors (Lipinski definition) is 2. The van der Waals surface area contributed by atoms with Gasteiger partial charge in [-0.15, -0.1) is 0 Å². The summed E-state index contributed by atoms with van der Waals surface area (Å²) in [6.45, 7) is 3.93. The quantitative estimate of drug-likeness (QED) is 0.195. The average Bonchev–Trinajstić information content (AvgIpc) is 3.59. The van der Waals surface area contributed by atoms with Gasteiger partial charge in [-0.25, -0.2) is 0 Å². The molecule has 0 bridgehead atoms. The molecule has 0 spiro atoms. The molecule has 2 aromatic heterocycles.